The number of nitrogens with one attached hydrogen (secondary N) is 2. The molecule has 0 bridgehead atoms. The van der Waals surface area contributed by atoms with E-state index in [2.05, 4.69) is 26.2 Å². The molecule has 0 saturated heterocycles. The van der Waals surface area contributed by atoms with E-state index in [-0.39, 0.29) is 24.0 Å². The third-order valence-corrected chi connectivity index (χ3v) is 5.29. The van der Waals surface area contributed by atoms with Gasteiger partial charge >= 0.3 is 10.1 Å². The van der Waals surface area contributed by atoms with Gasteiger partial charge in [-0.15, -0.1) is 0 Å². The van der Waals surface area contributed by atoms with Crippen molar-refractivity contribution in [3.63, 3.8) is 0 Å². The molecule has 140 valence electrons. The number of methoxy groups -OCH3 is 1. The molecule has 1 aromatic heterocycles. The van der Waals surface area contributed by atoms with Crippen LogP contribution in [0, 0.1) is 0 Å². The maximum absolute atomic E-state index is 12.5. The smallest absolute Gasteiger partial charge is 0.306 e. The van der Waals surface area contributed by atoms with Crippen molar-refractivity contribution in [2.24, 2.45) is 0 Å². The van der Waals surface area contributed by atoms with E-state index in [1.807, 2.05) is 24.3 Å². The first-order chi connectivity index (χ1) is 12.8. The van der Waals surface area contributed by atoms with Crippen LogP contribution in [0.25, 0.3) is 22.2 Å². The van der Waals surface area contributed by atoms with Gasteiger partial charge in [-0.2, -0.15) is 8.42 Å². The summed E-state index contributed by atoms with van der Waals surface area (Å²) in [4.78, 5) is 15.8. The van der Waals surface area contributed by atoms with E-state index in [0.717, 1.165) is 27.3 Å². The van der Waals surface area contributed by atoms with Crippen LogP contribution in [0.1, 0.15) is 15.9 Å². The fourth-order valence-corrected chi connectivity index (χ4v) is 4.10. The third-order valence-electron chi connectivity index (χ3n) is 4.32. The Balaban J connectivity index is 1.98. The minimum atomic E-state index is -3.78. The first kappa shape index (κ1) is 17.9. The summed E-state index contributed by atoms with van der Waals surface area (Å²) >= 11 is 3.45. The Morgan fingerprint density at radius 3 is 2.67 bits per heavy atom. The standard InChI is InChI=1S/C18H15BrN2O5S/c1-25-15-7-11(14-6-9-5-10(19)3-4-13(9)21-14)16-12(8-20-18(16)22)17(15)26-27(2,23)24/h3-7,21H,8H2,1-2H3,(H,20,22). The van der Waals surface area contributed by atoms with E-state index in [0.29, 0.717) is 16.7 Å². The van der Waals surface area contributed by atoms with E-state index in [4.69, 9.17) is 8.92 Å². The summed E-state index contributed by atoms with van der Waals surface area (Å²) in [6.45, 7) is 0.162. The van der Waals surface area contributed by atoms with Crippen molar-refractivity contribution in [3.05, 3.63) is 45.9 Å². The van der Waals surface area contributed by atoms with Crippen LogP contribution < -0.4 is 14.2 Å². The van der Waals surface area contributed by atoms with Crippen molar-refractivity contribution in [2.45, 2.75) is 6.54 Å². The molecule has 2 N–H and O–H groups in total. The summed E-state index contributed by atoms with van der Waals surface area (Å²) in [5.41, 5.74) is 3.08. The zero-order chi connectivity index (χ0) is 19.3. The molecule has 0 spiro atoms. The molecule has 9 heteroatoms. The minimum absolute atomic E-state index is 0.0379. The Hall–Kier alpha value is -2.52. The highest BCUT2D eigenvalue weighted by Gasteiger charge is 2.31. The van der Waals surface area contributed by atoms with Crippen molar-refractivity contribution in [1.29, 1.82) is 0 Å². The lowest BCUT2D eigenvalue weighted by Crippen LogP contribution is -2.13. The number of halogens is 1. The fraction of sp³-hybridized carbons (Fsp3) is 0.167. The number of aromatic amines is 1. The SMILES string of the molecule is COc1cc(-c2cc3cc(Br)ccc3[nH]2)c2c(c1OS(C)(=O)=O)CNC2=O. The molecule has 0 unspecified atom stereocenters. The van der Waals surface area contributed by atoms with Gasteiger partial charge < -0.3 is 19.2 Å². The van der Waals surface area contributed by atoms with Crippen LogP contribution in [0.5, 0.6) is 11.5 Å². The van der Waals surface area contributed by atoms with Crippen molar-refractivity contribution >= 4 is 42.9 Å². The van der Waals surface area contributed by atoms with Crippen LogP contribution in [-0.2, 0) is 16.7 Å². The first-order valence-corrected chi connectivity index (χ1v) is 10.6. The molecule has 3 aromatic rings. The topological polar surface area (TPSA) is 97.5 Å². The second-order valence-corrected chi connectivity index (χ2v) is 8.68. The number of hydrogen-bond donors (Lipinski definition) is 2. The number of amides is 1. The highest BCUT2D eigenvalue weighted by Crippen LogP contribution is 2.43. The minimum Gasteiger partial charge on any atom is -0.493 e. The van der Waals surface area contributed by atoms with Crippen LogP contribution in [-0.4, -0.2) is 32.7 Å². The van der Waals surface area contributed by atoms with Gasteiger partial charge in [0.05, 0.1) is 18.9 Å². The quantitative estimate of drug-likeness (QED) is 0.594. The second-order valence-electron chi connectivity index (χ2n) is 6.19. The van der Waals surface area contributed by atoms with Gasteiger partial charge in [0.2, 0.25) is 0 Å². The van der Waals surface area contributed by atoms with Gasteiger partial charge in [-0.1, -0.05) is 15.9 Å². The average Bonchev–Trinajstić information content (AvgIpc) is 3.17. The molecular weight excluding hydrogens is 436 g/mol. The lowest BCUT2D eigenvalue weighted by molar-refractivity contribution is 0.0966. The van der Waals surface area contributed by atoms with Gasteiger partial charge in [0.15, 0.2) is 11.5 Å². The maximum atomic E-state index is 12.5. The number of hydrogen-bond acceptors (Lipinski definition) is 5. The zero-order valence-corrected chi connectivity index (χ0v) is 16.8. The number of carbonyl (C=O) groups excluding carboxylic acids is 1. The molecule has 0 aliphatic carbocycles. The van der Waals surface area contributed by atoms with Gasteiger partial charge in [0.1, 0.15) is 0 Å². The zero-order valence-electron chi connectivity index (χ0n) is 14.4. The molecule has 2 aromatic carbocycles. The predicted octanol–water partition coefficient (Wildman–Crippen LogP) is 3.19. The summed E-state index contributed by atoms with van der Waals surface area (Å²) in [5.74, 6) is -0.0118. The predicted molar refractivity (Wildman–Crippen MR) is 105 cm³/mol. The Morgan fingerprint density at radius 2 is 1.96 bits per heavy atom. The molecule has 27 heavy (non-hydrogen) atoms. The molecular formula is C18H15BrN2O5S. The highest BCUT2D eigenvalue weighted by molar-refractivity contribution is 9.10. The van der Waals surface area contributed by atoms with Crippen LogP contribution in [0.2, 0.25) is 0 Å². The van der Waals surface area contributed by atoms with Gasteiger partial charge in [-0.05, 0) is 30.3 Å². The normalized spacial score (nSPS) is 13.5. The largest absolute Gasteiger partial charge is 0.493 e. The fourth-order valence-electron chi connectivity index (χ4n) is 3.23. The van der Waals surface area contributed by atoms with E-state index in [1.165, 1.54) is 7.11 Å². The van der Waals surface area contributed by atoms with Crippen molar-refractivity contribution in [1.82, 2.24) is 10.3 Å². The third kappa shape index (κ3) is 3.17. The molecule has 1 aliphatic heterocycles. The van der Waals surface area contributed by atoms with E-state index >= 15 is 0 Å². The molecule has 0 atom stereocenters. The molecule has 0 saturated carbocycles. The molecule has 0 fully saturated rings. The van der Waals surface area contributed by atoms with Crippen LogP contribution in [0.4, 0.5) is 0 Å². The first-order valence-electron chi connectivity index (χ1n) is 7.97. The summed E-state index contributed by atoms with van der Waals surface area (Å²) < 4.78 is 34.7. The number of ether oxygens (including phenoxy) is 1. The lowest BCUT2D eigenvalue weighted by atomic mass is 9.98. The van der Waals surface area contributed by atoms with E-state index < -0.39 is 10.1 Å². The average molecular weight is 451 g/mol. The Bertz CT molecular complexity index is 1200. The number of carbonyl (C=O) groups is 1. The van der Waals surface area contributed by atoms with Crippen molar-refractivity contribution in [2.75, 3.05) is 13.4 Å². The van der Waals surface area contributed by atoms with Gasteiger partial charge in [0.25, 0.3) is 5.91 Å². The number of benzene rings is 2. The number of aromatic nitrogens is 1. The van der Waals surface area contributed by atoms with Crippen molar-refractivity contribution in [3.8, 4) is 22.8 Å². The number of fused-ring (bicyclic) bond motifs is 2. The molecule has 4 rings (SSSR count). The Morgan fingerprint density at radius 1 is 1.19 bits per heavy atom. The number of rotatable bonds is 4. The second kappa shape index (κ2) is 6.28. The van der Waals surface area contributed by atoms with E-state index in [1.54, 1.807) is 6.07 Å². The number of H-pyrrole nitrogens is 1. The Kier molecular flexibility index (Phi) is 4.15. The maximum Gasteiger partial charge on any atom is 0.306 e. The van der Waals surface area contributed by atoms with Gasteiger partial charge in [0, 0.05) is 38.7 Å². The van der Waals surface area contributed by atoms with Crippen LogP contribution in [0.15, 0.2) is 34.8 Å². The summed E-state index contributed by atoms with van der Waals surface area (Å²) in [6, 6.07) is 9.36. The van der Waals surface area contributed by atoms with Crippen molar-refractivity contribution < 1.29 is 22.1 Å². The summed E-state index contributed by atoms with van der Waals surface area (Å²) in [5, 5.41) is 3.70. The molecule has 1 aliphatic rings. The molecule has 0 radical (unpaired) electrons. The molecule has 7 nitrogen and oxygen atoms in total. The Labute approximate surface area is 163 Å². The van der Waals surface area contributed by atoms with Crippen LogP contribution in [0.3, 0.4) is 0 Å². The monoisotopic (exact) mass is 450 g/mol. The summed E-state index contributed by atoms with van der Waals surface area (Å²) in [7, 11) is -2.36. The molecule has 1 amide bonds. The summed E-state index contributed by atoms with van der Waals surface area (Å²) in [6.07, 6.45) is 0.951. The van der Waals surface area contributed by atoms with Gasteiger partial charge in [-0.25, -0.2) is 0 Å². The molecule has 2 heterocycles. The van der Waals surface area contributed by atoms with Crippen LogP contribution >= 0.6 is 15.9 Å². The van der Waals surface area contributed by atoms with E-state index in [9.17, 15) is 13.2 Å². The lowest BCUT2D eigenvalue weighted by Gasteiger charge is -2.15. The highest BCUT2D eigenvalue weighted by atomic mass is 79.9. The van der Waals surface area contributed by atoms with Gasteiger partial charge in [-0.3, -0.25) is 4.79 Å².